The highest BCUT2D eigenvalue weighted by atomic mass is 35.5. The number of nitrogens with zero attached hydrogens (tertiary/aromatic N) is 1. The lowest BCUT2D eigenvalue weighted by atomic mass is 9.94. The Morgan fingerprint density at radius 2 is 2.16 bits per heavy atom. The molecule has 0 spiro atoms. The van der Waals surface area contributed by atoms with Gasteiger partial charge in [0.25, 0.3) is 5.91 Å². The summed E-state index contributed by atoms with van der Waals surface area (Å²) in [4.78, 5) is 16.4. The lowest BCUT2D eigenvalue weighted by molar-refractivity contribution is 0.0886. The van der Waals surface area contributed by atoms with Crippen LogP contribution in [0.4, 0.5) is 0 Å². The lowest BCUT2D eigenvalue weighted by Crippen LogP contribution is -2.46. The molecule has 0 saturated heterocycles. The third-order valence-electron chi connectivity index (χ3n) is 3.33. The minimum Gasteiger partial charge on any atom is -0.396 e. The largest absolute Gasteiger partial charge is 0.396 e. The van der Waals surface area contributed by atoms with Gasteiger partial charge >= 0.3 is 0 Å². The van der Waals surface area contributed by atoms with Gasteiger partial charge in [-0.1, -0.05) is 25.4 Å². The second-order valence-electron chi connectivity index (χ2n) is 4.87. The predicted molar refractivity (Wildman–Crippen MR) is 76.5 cm³/mol. The number of hydrogen-bond donors (Lipinski definition) is 2. The van der Waals surface area contributed by atoms with Crippen LogP contribution in [0.25, 0.3) is 0 Å². The Hall–Kier alpha value is -1.13. The van der Waals surface area contributed by atoms with Crippen molar-refractivity contribution in [1.82, 2.24) is 10.3 Å². The van der Waals surface area contributed by atoms with Crippen LogP contribution in [-0.4, -0.2) is 28.1 Å². The van der Waals surface area contributed by atoms with Gasteiger partial charge in [-0.25, -0.2) is 4.98 Å². The standard InChI is InChI=1S/C14H21ClN2O2/c1-4-11-8-10(9-12(15)16-11)13(19)17-14(3,5-2)6-7-18/h8-9,18H,4-7H2,1-3H3,(H,17,19). The number of aryl methyl sites for hydroxylation is 1. The minimum atomic E-state index is -0.409. The number of carbonyl (C=O) groups is 1. The smallest absolute Gasteiger partial charge is 0.251 e. The molecular formula is C14H21ClN2O2. The Kier molecular flexibility index (Phi) is 5.76. The molecule has 106 valence electrons. The molecular weight excluding hydrogens is 264 g/mol. The maximum absolute atomic E-state index is 12.2. The highest BCUT2D eigenvalue weighted by Gasteiger charge is 2.24. The van der Waals surface area contributed by atoms with Gasteiger partial charge < -0.3 is 10.4 Å². The van der Waals surface area contributed by atoms with Crippen molar-refractivity contribution in [3.05, 3.63) is 28.5 Å². The van der Waals surface area contributed by atoms with Crippen LogP contribution in [0.1, 0.15) is 49.7 Å². The second-order valence-corrected chi connectivity index (χ2v) is 5.25. The molecule has 0 radical (unpaired) electrons. The van der Waals surface area contributed by atoms with E-state index in [1.54, 1.807) is 12.1 Å². The average molecular weight is 285 g/mol. The van der Waals surface area contributed by atoms with Crippen LogP contribution in [0.3, 0.4) is 0 Å². The third kappa shape index (κ3) is 4.48. The number of aromatic nitrogens is 1. The summed E-state index contributed by atoms with van der Waals surface area (Å²) in [6, 6.07) is 3.31. The summed E-state index contributed by atoms with van der Waals surface area (Å²) >= 11 is 5.91. The Balaban J connectivity index is 2.91. The molecule has 0 aliphatic carbocycles. The van der Waals surface area contributed by atoms with Crippen molar-refractivity contribution in [3.63, 3.8) is 0 Å². The molecule has 0 fully saturated rings. The fourth-order valence-electron chi connectivity index (χ4n) is 1.78. The molecule has 0 aliphatic heterocycles. The Morgan fingerprint density at radius 1 is 1.47 bits per heavy atom. The molecule has 1 aromatic heterocycles. The van der Waals surface area contributed by atoms with Gasteiger partial charge in [-0.2, -0.15) is 0 Å². The van der Waals surface area contributed by atoms with E-state index in [0.29, 0.717) is 17.1 Å². The first-order valence-corrected chi connectivity index (χ1v) is 6.91. The van der Waals surface area contributed by atoms with Crippen LogP contribution in [0.15, 0.2) is 12.1 Å². The van der Waals surface area contributed by atoms with E-state index >= 15 is 0 Å². The number of rotatable bonds is 6. The Bertz CT molecular complexity index is 451. The van der Waals surface area contributed by atoms with Crippen LogP contribution >= 0.6 is 11.6 Å². The van der Waals surface area contributed by atoms with E-state index in [1.807, 2.05) is 20.8 Å². The zero-order chi connectivity index (χ0) is 14.5. The molecule has 1 aromatic rings. The minimum absolute atomic E-state index is 0.0436. The molecule has 1 atom stereocenters. The van der Waals surface area contributed by atoms with E-state index in [9.17, 15) is 4.79 Å². The summed E-state index contributed by atoms with van der Waals surface area (Å²) in [7, 11) is 0. The van der Waals surface area contributed by atoms with E-state index in [4.69, 9.17) is 16.7 Å². The molecule has 1 amide bonds. The number of hydrogen-bond acceptors (Lipinski definition) is 3. The van der Waals surface area contributed by atoms with Crippen molar-refractivity contribution in [2.24, 2.45) is 0 Å². The van der Waals surface area contributed by atoms with E-state index in [1.165, 1.54) is 0 Å². The first-order valence-electron chi connectivity index (χ1n) is 6.54. The quantitative estimate of drug-likeness (QED) is 0.789. The van der Waals surface area contributed by atoms with Crippen LogP contribution in [0.2, 0.25) is 5.15 Å². The van der Waals surface area contributed by atoms with Gasteiger partial charge in [-0.15, -0.1) is 0 Å². The van der Waals surface area contributed by atoms with Gasteiger partial charge in [0.1, 0.15) is 5.15 Å². The summed E-state index contributed by atoms with van der Waals surface area (Å²) in [5, 5.41) is 12.3. The molecule has 1 rings (SSSR count). The molecule has 1 heterocycles. The number of pyridine rings is 1. The van der Waals surface area contributed by atoms with Crippen molar-refractivity contribution in [2.45, 2.75) is 45.6 Å². The first kappa shape index (κ1) is 15.9. The van der Waals surface area contributed by atoms with Gasteiger partial charge in [0, 0.05) is 23.4 Å². The van der Waals surface area contributed by atoms with E-state index in [-0.39, 0.29) is 12.5 Å². The van der Waals surface area contributed by atoms with Crippen LogP contribution < -0.4 is 5.32 Å². The number of amides is 1. The Morgan fingerprint density at radius 3 is 2.68 bits per heavy atom. The van der Waals surface area contributed by atoms with Crippen molar-refractivity contribution in [2.75, 3.05) is 6.61 Å². The summed E-state index contributed by atoms with van der Waals surface area (Å²) in [6.07, 6.45) is 2.00. The van der Waals surface area contributed by atoms with Crippen LogP contribution in [-0.2, 0) is 6.42 Å². The monoisotopic (exact) mass is 284 g/mol. The van der Waals surface area contributed by atoms with Crippen LogP contribution in [0.5, 0.6) is 0 Å². The molecule has 0 aromatic carbocycles. The fraction of sp³-hybridized carbons (Fsp3) is 0.571. The fourth-order valence-corrected chi connectivity index (χ4v) is 2.01. The van der Waals surface area contributed by atoms with Gasteiger partial charge in [0.05, 0.1) is 0 Å². The van der Waals surface area contributed by atoms with Crippen LogP contribution in [0, 0.1) is 0 Å². The molecule has 19 heavy (non-hydrogen) atoms. The molecule has 0 saturated carbocycles. The highest BCUT2D eigenvalue weighted by molar-refractivity contribution is 6.29. The van der Waals surface area contributed by atoms with Gasteiger partial charge in [-0.3, -0.25) is 4.79 Å². The number of aliphatic hydroxyl groups excluding tert-OH is 1. The van der Waals surface area contributed by atoms with Gasteiger partial charge in [0.15, 0.2) is 0 Å². The molecule has 1 unspecified atom stereocenters. The number of aliphatic hydroxyl groups is 1. The topological polar surface area (TPSA) is 62.2 Å². The normalized spacial score (nSPS) is 13.9. The van der Waals surface area contributed by atoms with Crippen molar-refractivity contribution < 1.29 is 9.90 Å². The second kappa shape index (κ2) is 6.87. The number of halogens is 1. The number of nitrogens with one attached hydrogen (secondary N) is 1. The van der Waals surface area contributed by atoms with E-state index in [0.717, 1.165) is 18.5 Å². The lowest BCUT2D eigenvalue weighted by Gasteiger charge is -2.29. The molecule has 4 nitrogen and oxygen atoms in total. The molecule has 2 N–H and O–H groups in total. The van der Waals surface area contributed by atoms with Gasteiger partial charge in [0.2, 0.25) is 0 Å². The first-order chi connectivity index (χ1) is 8.94. The highest BCUT2D eigenvalue weighted by Crippen LogP contribution is 2.17. The van der Waals surface area contributed by atoms with Gasteiger partial charge in [-0.05, 0) is 38.3 Å². The average Bonchev–Trinajstić information content (AvgIpc) is 2.38. The maximum Gasteiger partial charge on any atom is 0.251 e. The van der Waals surface area contributed by atoms with Crippen molar-refractivity contribution >= 4 is 17.5 Å². The SMILES string of the molecule is CCc1cc(C(=O)NC(C)(CC)CCO)cc(Cl)n1. The predicted octanol–water partition coefficient (Wildman–Crippen LogP) is 2.58. The summed E-state index contributed by atoms with van der Waals surface area (Å²) in [5.74, 6) is -0.184. The van der Waals surface area contributed by atoms with Crippen molar-refractivity contribution in [1.29, 1.82) is 0 Å². The zero-order valence-corrected chi connectivity index (χ0v) is 12.4. The third-order valence-corrected chi connectivity index (χ3v) is 3.52. The summed E-state index contributed by atoms with van der Waals surface area (Å²) < 4.78 is 0. The summed E-state index contributed by atoms with van der Waals surface area (Å²) in [5.41, 5.74) is 0.890. The maximum atomic E-state index is 12.2. The number of carbonyl (C=O) groups excluding carboxylic acids is 1. The van der Waals surface area contributed by atoms with E-state index in [2.05, 4.69) is 10.3 Å². The molecule has 5 heteroatoms. The summed E-state index contributed by atoms with van der Waals surface area (Å²) in [6.45, 7) is 5.90. The van der Waals surface area contributed by atoms with Crippen molar-refractivity contribution in [3.8, 4) is 0 Å². The zero-order valence-electron chi connectivity index (χ0n) is 11.7. The molecule has 0 bridgehead atoms. The van der Waals surface area contributed by atoms with E-state index < -0.39 is 5.54 Å². The Labute approximate surface area is 119 Å². The molecule has 0 aliphatic rings.